The number of rotatable bonds is 5. The number of nitrogens with zero attached hydrogens (tertiary/aromatic N) is 5. The summed E-state index contributed by atoms with van der Waals surface area (Å²) in [5.74, 6) is -0.362. The number of amides is 1. The molecule has 0 spiro atoms. The lowest BCUT2D eigenvalue weighted by atomic mass is 10.1. The molecule has 0 aliphatic heterocycles. The maximum atomic E-state index is 12.9. The van der Waals surface area contributed by atoms with Crippen molar-refractivity contribution in [3.8, 4) is 0 Å². The predicted octanol–water partition coefficient (Wildman–Crippen LogP) is 2.71. The zero-order valence-electron chi connectivity index (χ0n) is 17.0. The minimum absolute atomic E-state index is 0.140. The molecule has 2 aromatic carbocycles. The van der Waals surface area contributed by atoms with E-state index in [1.165, 1.54) is 10.9 Å². The number of hydrogen-bond donors (Lipinski definition) is 1. The average molecular weight is 422 g/mol. The van der Waals surface area contributed by atoms with Gasteiger partial charge in [-0.15, -0.1) is 0 Å². The normalized spacial score (nSPS) is 11.0. The van der Waals surface area contributed by atoms with Gasteiger partial charge in [0.25, 0.3) is 11.5 Å². The van der Waals surface area contributed by atoms with Crippen LogP contribution in [0.3, 0.4) is 0 Å². The van der Waals surface area contributed by atoms with Crippen molar-refractivity contribution < 1.29 is 4.79 Å². The van der Waals surface area contributed by atoms with Gasteiger partial charge in [0.1, 0.15) is 5.69 Å². The van der Waals surface area contributed by atoms with Crippen molar-refractivity contribution in [1.29, 1.82) is 0 Å². The number of carbonyl (C=O) groups is 1. The number of nitrogens with one attached hydrogen (secondary N) is 1. The number of benzene rings is 2. The van der Waals surface area contributed by atoms with E-state index >= 15 is 0 Å². The lowest BCUT2D eigenvalue weighted by Gasteiger charge is -2.12. The maximum Gasteiger partial charge on any atom is 0.274 e. The Labute approximate surface area is 182 Å². The van der Waals surface area contributed by atoms with Crippen LogP contribution in [-0.4, -0.2) is 30.6 Å². The molecule has 3 heterocycles. The first-order valence-corrected chi connectivity index (χ1v) is 10.1. The van der Waals surface area contributed by atoms with Gasteiger partial charge in [0.2, 0.25) is 0 Å². The number of hydrogen-bond acceptors (Lipinski definition) is 6. The molecule has 0 fully saturated rings. The number of para-hydroxylation sites is 2. The third kappa shape index (κ3) is 3.81. The fraction of sp³-hybridized carbons (Fsp3) is 0.0833. The Morgan fingerprint density at radius 3 is 2.50 bits per heavy atom. The average Bonchev–Trinajstić information content (AvgIpc) is 2.85. The summed E-state index contributed by atoms with van der Waals surface area (Å²) in [7, 11) is 0. The van der Waals surface area contributed by atoms with E-state index in [0.29, 0.717) is 22.0 Å². The molecule has 8 nitrogen and oxygen atoms in total. The highest BCUT2D eigenvalue weighted by molar-refractivity contribution is 5.94. The van der Waals surface area contributed by atoms with Gasteiger partial charge in [0.05, 0.1) is 41.4 Å². The van der Waals surface area contributed by atoms with Gasteiger partial charge in [-0.1, -0.05) is 36.4 Å². The molecule has 0 bridgehead atoms. The molecule has 5 aromatic rings. The Hall–Kier alpha value is -4.46. The molecule has 1 amide bonds. The molecular weight excluding hydrogens is 404 g/mol. The van der Waals surface area contributed by atoms with Crippen LogP contribution in [0.5, 0.6) is 0 Å². The van der Waals surface area contributed by atoms with Crippen molar-refractivity contribution in [3.63, 3.8) is 0 Å². The topological polar surface area (TPSA) is 103 Å². The summed E-state index contributed by atoms with van der Waals surface area (Å²) in [5, 5.41) is 8.63. The Morgan fingerprint density at radius 1 is 0.906 bits per heavy atom. The quantitative estimate of drug-likeness (QED) is 0.467. The van der Waals surface area contributed by atoms with Crippen molar-refractivity contribution >= 4 is 27.7 Å². The monoisotopic (exact) mass is 422 g/mol. The number of carbonyl (C=O) groups excluding carboxylic acids is 1. The Balaban J connectivity index is 1.45. The molecular formula is C24H18N6O2. The second-order valence-corrected chi connectivity index (χ2v) is 7.24. The fourth-order valence-corrected chi connectivity index (χ4v) is 3.53. The zero-order chi connectivity index (χ0) is 21.9. The van der Waals surface area contributed by atoms with Crippen molar-refractivity contribution in [2.75, 3.05) is 0 Å². The van der Waals surface area contributed by atoms with Crippen molar-refractivity contribution in [2.24, 2.45) is 0 Å². The summed E-state index contributed by atoms with van der Waals surface area (Å²) >= 11 is 0. The smallest absolute Gasteiger partial charge is 0.274 e. The highest BCUT2D eigenvalue weighted by Crippen LogP contribution is 2.14. The van der Waals surface area contributed by atoms with Crippen molar-refractivity contribution in [1.82, 2.24) is 30.0 Å². The summed E-state index contributed by atoms with van der Waals surface area (Å²) < 4.78 is 1.40. The lowest BCUT2D eigenvalue weighted by Crippen LogP contribution is -2.29. The molecule has 0 saturated carbocycles. The lowest BCUT2D eigenvalue weighted by molar-refractivity contribution is 0.0945. The zero-order valence-corrected chi connectivity index (χ0v) is 17.0. The highest BCUT2D eigenvalue weighted by atomic mass is 16.2. The van der Waals surface area contributed by atoms with Crippen LogP contribution in [0.25, 0.3) is 21.8 Å². The second kappa shape index (κ2) is 8.35. The third-order valence-corrected chi connectivity index (χ3v) is 5.10. The number of aromatic nitrogens is 5. The van der Waals surface area contributed by atoms with Crippen LogP contribution < -0.4 is 10.9 Å². The maximum absolute atomic E-state index is 12.9. The SMILES string of the molecule is O=C(NCc1nn(Cc2cccnc2)c(=O)c2ccccc12)c1cnc2ccccc2n1. The van der Waals surface area contributed by atoms with Crippen molar-refractivity contribution in [3.05, 3.63) is 107 Å². The Bertz CT molecular complexity index is 1500. The predicted molar refractivity (Wildman–Crippen MR) is 120 cm³/mol. The van der Waals surface area contributed by atoms with Gasteiger partial charge in [-0.3, -0.25) is 19.6 Å². The van der Waals surface area contributed by atoms with Gasteiger partial charge in [-0.25, -0.2) is 9.67 Å². The highest BCUT2D eigenvalue weighted by Gasteiger charge is 2.14. The molecule has 32 heavy (non-hydrogen) atoms. The van der Waals surface area contributed by atoms with E-state index in [1.54, 1.807) is 18.5 Å². The van der Waals surface area contributed by atoms with Gasteiger partial charge in [-0.05, 0) is 29.8 Å². The van der Waals surface area contributed by atoms with Gasteiger partial charge in [0, 0.05) is 17.8 Å². The molecule has 0 unspecified atom stereocenters. The Kier molecular flexibility index (Phi) is 5.09. The molecule has 156 valence electrons. The molecule has 5 rings (SSSR count). The molecule has 0 radical (unpaired) electrons. The van der Waals surface area contributed by atoms with Crippen LogP contribution >= 0.6 is 0 Å². The van der Waals surface area contributed by atoms with E-state index in [2.05, 4.69) is 25.4 Å². The first-order valence-electron chi connectivity index (χ1n) is 10.1. The standard InChI is InChI=1S/C24H18N6O2/c31-23(22-14-26-19-9-3-4-10-20(19)28-22)27-13-21-17-7-1-2-8-18(17)24(32)30(29-21)15-16-6-5-11-25-12-16/h1-12,14H,13,15H2,(H,27,31). The van der Waals surface area contributed by atoms with E-state index in [4.69, 9.17) is 0 Å². The summed E-state index contributed by atoms with van der Waals surface area (Å²) in [6.07, 6.45) is 4.83. The number of fused-ring (bicyclic) bond motifs is 2. The minimum Gasteiger partial charge on any atom is -0.345 e. The third-order valence-electron chi connectivity index (χ3n) is 5.10. The van der Waals surface area contributed by atoms with E-state index < -0.39 is 0 Å². The first kappa shape index (κ1) is 19.5. The summed E-state index contributed by atoms with van der Waals surface area (Å²) in [6, 6.07) is 18.3. The van der Waals surface area contributed by atoms with Gasteiger partial charge >= 0.3 is 0 Å². The second-order valence-electron chi connectivity index (χ2n) is 7.24. The Morgan fingerprint density at radius 2 is 1.69 bits per heavy atom. The molecule has 1 N–H and O–H groups in total. The fourth-order valence-electron chi connectivity index (χ4n) is 3.53. The molecule has 8 heteroatoms. The van der Waals surface area contributed by atoms with Crippen LogP contribution in [0, 0.1) is 0 Å². The van der Waals surface area contributed by atoms with Crippen molar-refractivity contribution in [2.45, 2.75) is 13.1 Å². The molecule has 0 aliphatic rings. The van der Waals surface area contributed by atoms with Gasteiger partial charge < -0.3 is 5.32 Å². The van der Waals surface area contributed by atoms with Gasteiger partial charge in [0.15, 0.2) is 0 Å². The molecule has 0 saturated heterocycles. The van der Waals surface area contributed by atoms with Crippen LogP contribution in [0.4, 0.5) is 0 Å². The summed E-state index contributed by atoms with van der Waals surface area (Å²) in [6.45, 7) is 0.426. The largest absolute Gasteiger partial charge is 0.345 e. The van der Waals surface area contributed by atoms with Crippen LogP contribution in [-0.2, 0) is 13.1 Å². The van der Waals surface area contributed by atoms with Crippen LogP contribution in [0.1, 0.15) is 21.7 Å². The van der Waals surface area contributed by atoms with Gasteiger partial charge in [-0.2, -0.15) is 5.10 Å². The molecule has 3 aromatic heterocycles. The van der Waals surface area contributed by atoms with Crippen LogP contribution in [0.15, 0.2) is 84.0 Å². The van der Waals surface area contributed by atoms with E-state index in [-0.39, 0.29) is 30.2 Å². The van der Waals surface area contributed by atoms with E-state index in [0.717, 1.165) is 11.1 Å². The van der Waals surface area contributed by atoms with E-state index in [1.807, 2.05) is 54.6 Å². The minimum atomic E-state index is -0.362. The summed E-state index contributed by atoms with van der Waals surface area (Å²) in [5.41, 5.74) is 2.84. The van der Waals surface area contributed by atoms with E-state index in [9.17, 15) is 9.59 Å². The molecule has 0 aliphatic carbocycles. The summed E-state index contributed by atoms with van der Waals surface area (Å²) in [4.78, 5) is 38.4. The van der Waals surface area contributed by atoms with Crippen LogP contribution in [0.2, 0.25) is 0 Å². The number of pyridine rings is 1. The molecule has 0 atom stereocenters. The first-order chi connectivity index (χ1) is 15.7.